The standard InChI is InChI=1S/C14H24N2/c1-14(2,3)13-7-5-6-12(10-13)11-16-9-8-15-4/h5-7,10,15-16H,8-9,11H2,1-4H3. The second-order valence-corrected chi connectivity index (χ2v) is 5.23. The zero-order chi connectivity index (χ0) is 12.0. The van der Waals surface area contributed by atoms with Crippen LogP contribution in [0.4, 0.5) is 0 Å². The van der Waals surface area contributed by atoms with E-state index in [9.17, 15) is 0 Å². The molecule has 0 aliphatic heterocycles. The van der Waals surface area contributed by atoms with Gasteiger partial charge in [-0.3, -0.25) is 0 Å². The van der Waals surface area contributed by atoms with Crippen LogP contribution in [-0.4, -0.2) is 20.1 Å². The maximum absolute atomic E-state index is 3.42. The lowest BCUT2D eigenvalue weighted by atomic mass is 9.86. The summed E-state index contributed by atoms with van der Waals surface area (Å²) in [6, 6.07) is 8.83. The number of hydrogen-bond donors (Lipinski definition) is 2. The highest BCUT2D eigenvalue weighted by Crippen LogP contribution is 2.22. The first-order valence-corrected chi connectivity index (χ1v) is 5.99. The average Bonchev–Trinajstić information content (AvgIpc) is 2.24. The summed E-state index contributed by atoms with van der Waals surface area (Å²) in [5.41, 5.74) is 3.00. The fraction of sp³-hybridized carbons (Fsp3) is 0.571. The van der Waals surface area contributed by atoms with Crippen LogP contribution < -0.4 is 10.6 Å². The summed E-state index contributed by atoms with van der Waals surface area (Å²) in [6.45, 7) is 9.72. The molecular weight excluding hydrogens is 196 g/mol. The summed E-state index contributed by atoms with van der Waals surface area (Å²) in [4.78, 5) is 0. The van der Waals surface area contributed by atoms with Gasteiger partial charge in [-0.1, -0.05) is 45.0 Å². The minimum atomic E-state index is 0.237. The number of rotatable bonds is 5. The second-order valence-electron chi connectivity index (χ2n) is 5.23. The van der Waals surface area contributed by atoms with Crippen molar-refractivity contribution >= 4 is 0 Å². The van der Waals surface area contributed by atoms with Crippen LogP contribution in [0, 0.1) is 0 Å². The number of hydrogen-bond acceptors (Lipinski definition) is 2. The van der Waals surface area contributed by atoms with Crippen molar-refractivity contribution in [2.75, 3.05) is 20.1 Å². The third-order valence-corrected chi connectivity index (χ3v) is 2.67. The van der Waals surface area contributed by atoms with E-state index in [1.807, 2.05) is 7.05 Å². The molecule has 0 unspecified atom stereocenters. The molecule has 16 heavy (non-hydrogen) atoms. The van der Waals surface area contributed by atoms with Crippen molar-refractivity contribution in [3.63, 3.8) is 0 Å². The summed E-state index contributed by atoms with van der Waals surface area (Å²) in [6.07, 6.45) is 0. The van der Waals surface area contributed by atoms with Gasteiger partial charge in [0.25, 0.3) is 0 Å². The normalized spacial score (nSPS) is 11.8. The van der Waals surface area contributed by atoms with E-state index in [-0.39, 0.29) is 5.41 Å². The summed E-state index contributed by atoms with van der Waals surface area (Å²) in [5.74, 6) is 0. The van der Waals surface area contributed by atoms with Crippen LogP contribution in [0.15, 0.2) is 24.3 Å². The first-order chi connectivity index (χ1) is 7.54. The molecule has 0 aliphatic carbocycles. The molecule has 2 N–H and O–H groups in total. The molecule has 0 saturated carbocycles. The Balaban J connectivity index is 2.54. The third-order valence-electron chi connectivity index (χ3n) is 2.67. The van der Waals surface area contributed by atoms with Crippen molar-refractivity contribution in [3.8, 4) is 0 Å². The highest BCUT2D eigenvalue weighted by Gasteiger charge is 2.13. The van der Waals surface area contributed by atoms with Gasteiger partial charge in [0.05, 0.1) is 0 Å². The average molecular weight is 220 g/mol. The molecule has 0 bridgehead atoms. The molecule has 0 aliphatic rings. The van der Waals surface area contributed by atoms with E-state index in [1.165, 1.54) is 11.1 Å². The van der Waals surface area contributed by atoms with E-state index in [4.69, 9.17) is 0 Å². The van der Waals surface area contributed by atoms with Gasteiger partial charge in [0.2, 0.25) is 0 Å². The van der Waals surface area contributed by atoms with Crippen molar-refractivity contribution in [3.05, 3.63) is 35.4 Å². The van der Waals surface area contributed by atoms with Crippen LogP contribution in [0.25, 0.3) is 0 Å². The molecule has 1 aromatic carbocycles. The molecule has 2 heteroatoms. The van der Waals surface area contributed by atoms with Gasteiger partial charge in [-0.15, -0.1) is 0 Å². The topological polar surface area (TPSA) is 24.1 Å². The molecule has 1 rings (SSSR count). The Morgan fingerprint density at radius 1 is 1.12 bits per heavy atom. The van der Waals surface area contributed by atoms with Gasteiger partial charge in [-0.2, -0.15) is 0 Å². The van der Waals surface area contributed by atoms with E-state index < -0.39 is 0 Å². The smallest absolute Gasteiger partial charge is 0.0206 e. The van der Waals surface area contributed by atoms with Gasteiger partial charge in [-0.05, 0) is 23.6 Å². The third kappa shape index (κ3) is 4.33. The largest absolute Gasteiger partial charge is 0.318 e. The maximum Gasteiger partial charge on any atom is 0.0206 e. The lowest BCUT2D eigenvalue weighted by Gasteiger charge is -2.19. The Bertz CT molecular complexity index is 313. The van der Waals surface area contributed by atoms with E-state index in [2.05, 4.69) is 55.7 Å². The first-order valence-electron chi connectivity index (χ1n) is 5.99. The number of nitrogens with one attached hydrogen (secondary N) is 2. The fourth-order valence-corrected chi connectivity index (χ4v) is 1.59. The maximum atomic E-state index is 3.42. The molecule has 0 fully saturated rings. The molecule has 2 nitrogen and oxygen atoms in total. The van der Waals surface area contributed by atoms with Gasteiger partial charge in [-0.25, -0.2) is 0 Å². The quantitative estimate of drug-likeness (QED) is 0.744. The van der Waals surface area contributed by atoms with Gasteiger partial charge in [0.15, 0.2) is 0 Å². The van der Waals surface area contributed by atoms with Crippen molar-refractivity contribution in [2.24, 2.45) is 0 Å². The number of benzene rings is 1. The van der Waals surface area contributed by atoms with Crippen molar-refractivity contribution < 1.29 is 0 Å². The van der Waals surface area contributed by atoms with Crippen LogP contribution in [0.5, 0.6) is 0 Å². The molecule has 0 atom stereocenters. The molecule has 0 aromatic heterocycles. The van der Waals surface area contributed by atoms with E-state index >= 15 is 0 Å². The van der Waals surface area contributed by atoms with Crippen molar-refractivity contribution in [1.29, 1.82) is 0 Å². The Labute approximate surface area is 99.5 Å². The summed E-state index contributed by atoms with van der Waals surface area (Å²) in [7, 11) is 1.97. The number of likely N-dealkylation sites (N-methyl/N-ethyl adjacent to an activating group) is 1. The van der Waals surface area contributed by atoms with E-state index in [0.717, 1.165) is 19.6 Å². The SMILES string of the molecule is CNCCNCc1cccc(C(C)(C)C)c1. The summed E-state index contributed by atoms with van der Waals surface area (Å²) in [5, 5.41) is 6.55. The minimum Gasteiger partial charge on any atom is -0.318 e. The highest BCUT2D eigenvalue weighted by atomic mass is 14.9. The Hall–Kier alpha value is -0.860. The Morgan fingerprint density at radius 3 is 2.50 bits per heavy atom. The minimum absolute atomic E-state index is 0.237. The molecule has 0 radical (unpaired) electrons. The zero-order valence-corrected chi connectivity index (χ0v) is 10.9. The molecule has 0 spiro atoms. The monoisotopic (exact) mass is 220 g/mol. The predicted molar refractivity (Wildman–Crippen MR) is 70.8 cm³/mol. The zero-order valence-electron chi connectivity index (χ0n) is 10.9. The molecule has 0 saturated heterocycles. The van der Waals surface area contributed by atoms with Gasteiger partial charge >= 0.3 is 0 Å². The summed E-state index contributed by atoms with van der Waals surface area (Å²) < 4.78 is 0. The van der Waals surface area contributed by atoms with Crippen LogP contribution in [-0.2, 0) is 12.0 Å². The fourth-order valence-electron chi connectivity index (χ4n) is 1.59. The molecule has 0 heterocycles. The summed E-state index contributed by atoms with van der Waals surface area (Å²) >= 11 is 0. The van der Waals surface area contributed by atoms with E-state index in [1.54, 1.807) is 0 Å². The van der Waals surface area contributed by atoms with Gasteiger partial charge in [0.1, 0.15) is 0 Å². The lowest BCUT2D eigenvalue weighted by Crippen LogP contribution is -2.24. The van der Waals surface area contributed by atoms with E-state index in [0.29, 0.717) is 0 Å². The van der Waals surface area contributed by atoms with Gasteiger partial charge < -0.3 is 10.6 Å². The second kappa shape index (κ2) is 6.02. The van der Waals surface area contributed by atoms with Crippen molar-refractivity contribution in [1.82, 2.24) is 10.6 Å². The molecule has 90 valence electrons. The predicted octanol–water partition coefficient (Wildman–Crippen LogP) is 2.29. The molecular formula is C14H24N2. The Morgan fingerprint density at radius 2 is 1.88 bits per heavy atom. The van der Waals surface area contributed by atoms with Gasteiger partial charge in [0, 0.05) is 19.6 Å². The van der Waals surface area contributed by atoms with Crippen molar-refractivity contribution in [2.45, 2.75) is 32.7 Å². The first kappa shape index (κ1) is 13.2. The van der Waals surface area contributed by atoms with Crippen LogP contribution in [0.3, 0.4) is 0 Å². The highest BCUT2D eigenvalue weighted by molar-refractivity contribution is 5.28. The molecule has 0 amide bonds. The Kier molecular flexibility index (Phi) is 4.97. The molecule has 1 aromatic rings. The van der Waals surface area contributed by atoms with Crippen LogP contribution >= 0.6 is 0 Å². The van der Waals surface area contributed by atoms with Crippen LogP contribution in [0.2, 0.25) is 0 Å². The van der Waals surface area contributed by atoms with Crippen LogP contribution in [0.1, 0.15) is 31.9 Å². The lowest BCUT2D eigenvalue weighted by molar-refractivity contribution is 0.587.